The SMILES string of the molecule is c1ccc(-c2ccc(-c3cccc(-c4ccccc4)c3-n3c4ccccc4c4ccc5c(c6ccccc6n5-c5nc(-c6ccccc6)nc(-c6ccccc6)n5)c43)cc2)cc1. The predicted octanol–water partition coefficient (Wildman–Crippen LogP) is 14.4. The summed E-state index contributed by atoms with van der Waals surface area (Å²) < 4.78 is 4.74. The van der Waals surface area contributed by atoms with Crippen molar-refractivity contribution in [3.05, 3.63) is 224 Å². The van der Waals surface area contributed by atoms with Crippen molar-refractivity contribution in [2.45, 2.75) is 0 Å². The molecule has 0 spiro atoms. The Morgan fingerprint density at radius 1 is 0.274 bits per heavy atom. The maximum atomic E-state index is 5.25. The lowest BCUT2D eigenvalue weighted by molar-refractivity contribution is 0.953. The molecule has 62 heavy (non-hydrogen) atoms. The van der Waals surface area contributed by atoms with Gasteiger partial charge < -0.3 is 4.57 Å². The summed E-state index contributed by atoms with van der Waals surface area (Å²) in [4.78, 5) is 15.5. The minimum atomic E-state index is 0.565. The van der Waals surface area contributed by atoms with Crippen molar-refractivity contribution < 1.29 is 0 Å². The van der Waals surface area contributed by atoms with E-state index in [0.29, 0.717) is 17.6 Å². The van der Waals surface area contributed by atoms with Crippen LogP contribution in [-0.4, -0.2) is 24.1 Å². The van der Waals surface area contributed by atoms with Crippen LogP contribution in [0.2, 0.25) is 0 Å². The topological polar surface area (TPSA) is 48.5 Å². The molecule has 0 saturated carbocycles. The van der Waals surface area contributed by atoms with Crippen LogP contribution in [0.4, 0.5) is 0 Å². The van der Waals surface area contributed by atoms with E-state index in [1.54, 1.807) is 0 Å². The van der Waals surface area contributed by atoms with Crippen LogP contribution in [0.15, 0.2) is 224 Å². The third-order valence-electron chi connectivity index (χ3n) is 12.0. The van der Waals surface area contributed by atoms with Gasteiger partial charge in [0.15, 0.2) is 11.6 Å². The fourth-order valence-electron chi connectivity index (χ4n) is 9.19. The Balaban J connectivity index is 1.19. The average Bonchev–Trinajstić information content (AvgIpc) is 3.88. The third-order valence-corrected chi connectivity index (χ3v) is 12.0. The number of aromatic nitrogens is 5. The molecule has 0 atom stereocenters. The van der Waals surface area contributed by atoms with Crippen LogP contribution < -0.4 is 0 Å². The van der Waals surface area contributed by atoms with E-state index >= 15 is 0 Å². The molecule has 0 N–H and O–H groups in total. The molecule has 0 saturated heterocycles. The largest absolute Gasteiger partial charge is 0.307 e. The highest BCUT2D eigenvalue weighted by Crippen LogP contribution is 2.46. The summed E-state index contributed by atoms with van der Waals surface area (Å²) in [6.07, 6.45) is 0. The molecule has 12 aromatic rings. The quantitative estimate of drug-likeness (QED) is 0.162. The molecule has 0 amide bonds. The molecule has 5 heteroatoms. The second-order valence-electron chi connectivity index (χ2n) is 15.6. The van der Waals surface area contributed by atoms with Crippen molar-refractivity contribution >= 4 is 43.6 Å². The molecule has 0 aliphatic carbocycles. The van der Waals surface area contributed by atoms with Crippen LogP contribution in [0.25, 0.3) is 111 Å². The summed E-state index contributed by atoms with van der Waals surface area (Å²) in [6.45, 7) is 0. The molecule has 12 rings (SSSR count). The molecule has 3 aromatic heterocycles. The minimum absolute atomic E-state index is 0.565. The van der Waals surface area contributed by atoms with Crippen LogP contribution in [0.3, 0.4) is 0 Å². The van der Waals surface area contributed by atoms with Crippen molar-refractivity contribution in [2.75, 3.05) is 0 Å². The molecule has 5 nitrogen and oxygen atoms in total. The molecule has 3 heterocycles. The molecular weight excluding hydrogens is 755 g/mol. The van der Waals surface area contributed by atoms with Crippen LogP contribution in [0, 0.1) is 0 Å². The van der Waals surface area contributed by atoms with E-state index in [2.05, 4.69) is 197 Å². The molecular formula is C57H37N5. The molecule has 0 bridgehead atoms. The number of fused-ring (bicyclic) bond motifs is 7. The maximum absolute atomic E-state index is 5.25. The average molecular weight is 792 g/mol. The van der Waals surface area contributed by atoms with Crippen molar-refractivity contribution in [2.24, 2.45) is 0 Å². The van der Waals surface area contributed by atoms with Crippen LogP contribution in [-0.2, 0) is 0 Å². The van der Waals surface area contributed by atoms with Gasteiger partial charge in [-0.1, -0.05) is 206 Å². The van der Waals surface area contributed by atoms with E-state index in [1.165, 1.54) is 21.9 Å². The zero-order valence-electron chi connectivity index (χ0n) is 33.6. The lowest BCUT2D eigenvalue weighted by Crippen LogP contribution is -2.06. The van der Waals surface area contributed by atoms with Gasteiger partial charge in [-0.15, -0.1) is 0 Å². The van der Waals surface area contributed by atoms with E-state index in [4.69, 9.17) is 15.0 Å². The zero-order valence-corrected chi connectivity index (χ0v) is 33.6. The molecule has 9 aromatic carbocycles. The molecule has 290 valence electrons. The monoisotopic (exact) mass is 791 g/mol. The second kappa shape index (κ2) is 14.7. The first-order valence-corrected chi connectivity index (χ1v) is 21.0. The van der Waals surface area contributed by atoms with Gasteiger partial charge >= 0.3 is 0 Å². The fourth-order valence-corrected chi connectivity index (χ4v) is 9.19. The normalized spacial score (nSPS) is 11.5. The van der Waals surface area contributed by atoms with Crippen LogP contribution >= 0.6 is 0 Å². The fraction of sp³-hybridized carbons (Fsp3) is 0. The van der Waals surface area contributed by atoms with Crippen molar-refractivity contribution in [1.29, 1.82) is 0 Å². The van der Waals surface area contributed by atoms with Crippen molar-refractivity contribution in [3.63, 3.8) is 0 Å². The first-order valence-electron chi connectivity index (χ1n) is 21.0. The highest BCUT2D eigenvalue weighted by molar-refractivity contribution is 6.26. The Bertz CT molecular complexity index is 3540. The summed E-state index contributed by atoms with van der Waals surface area (Å²) in [5.41, 5.74) is 14.2. The molecule has 0 aliphatic heterocycles. The van der Waals surface area contributed by atoms with Crippen molar-refractivity contribution in [1.82, 2.24) is 24.1 Å². The summed E-state index contributed by atoms with van der Waals surface area (Å²) in [5, 5.41) is 4.61. The molecule has 0 radical (unpaired) electrons. The van der Waals surface area contributed by atoms with Gasteiger partial charge in [0.05, 0.1) is 27.8 Å². The maximum Gasteiger partial charge on any atom is 0.238 e. The first-order chi connectivity index (χ1) is 30.8. The molecule has 0 unspecified atom stereocenters. The number of rotatable bonds is 7. The molecule has 0 fully saturated rings. The lowest BCUT2D eigenvalue weighted by Gasteiger charge is -2.20. The standard InChI is InChI=1S/C57H37N5/c1-5-18-38(19-6-1)39-32-34-41(35-33-39)45-29-17-28-44(40-20-7-2-8-21-40)53(45)62-49-30-15-13-26-46(49)47-36-37-51-52(54(47)62)48-27-14-16-31-50(48)61(51)57-59-55(42-22-9-3-10-23-42)58-56(60-57)43-24-11-4-12-25-43/h1-37H. The van der Waals surface area contributed by atoms with Crippen LogP contribution in [0.1, 0.15) is 0 Å². The van der Waals surface area contributed by atoms with Crippen molar-refractivity contribution in [3.8, 4) is 67.8 Å². The Morgan fingerprint density at radius 2 is 0.726 bits per heavy atom. The van der Waals surface area contributed by atoms with E-state index < -0.39 is 0 Å². The number of hydrogen-bond acceptors (Lipinski definition) is 3. The van der Waals surface area contributed by atoms with E-state index in [9.17, 15) is 0 Å². The number of nitrogens with zero attached hydrogens (tertiary/aromatic N) is 5. The summed E-state index contributed by atoms with van der Waals surface area (Å²) in [5.74, 6) is 1.81. The van der Waals surface area contributed by atoms with Gasteiger partial charge in [-0.2, -0.15) is 9.97 Å². The summed E-state index contributed by atoms with van der Waals surface area (Å²) in [6, 6.07) is 79.4. The number of benzene rings is 9. The third kappa shape index (κ3) is 5.82. The van der Waals surface area contributed by atoms with E-state index in [1.807, 2.05) is 36.4 Å². The smallest absolute Gasteiger partial charge is 0.238 e. The number of para-hydroxylation sites is 3. The van der Waals surface area contributed by atoms with Gasteiger partial charge in [0.1, 0.15) is 0 Å². The minimum Gasteiger partial charge on any atom is -0.307 e. The second-order valence-corrected chi connectivity index (χ2v) is 15.6. The van der Waals surface area contributed by atoms with Gasteiger partial charge in [-0.05, 0) is 40.5 Å². The van der Waals surface area contributed by atoms with Gasteiger partial charge in [0.25, 0.3) is 0 Å². The summed E-state index contributed by atoms with van der Waals surface area (Å²) in [7, 11) is 0. The van der Waals surface area contributed by atoms with Gasteiger partial charge in [-0.3, -0.25) is 4.57 Å². The highest BCUT2D eigenvalue weighted by atomic mass is 15.2. The Hall–Kier alpha value is -8.41. The predicted molar refractivity (Wildman–Crippen MR) is 256 cm³/mol. The van der Waals surface area contributed by atoms with Gasteiger partial charge in [0, 0.05) is 43.8 Å². The zero-order chi connectivity index (χ0) is 41.0. The lowest BCUT2D eigenvalue weighted by atomic mass is 9.94. The van der Waals surface area contributed by atoms with Gasteiger partial charge in [0.2, 0.25) is 5.95 Å². The summed E-state index contributed by atoms with van der Waals surface area (Å²) >= 11 is 0. The Morgan fingerprint density at radius 3 is 1.32 bits per heavy atom. The van der Waals surface area contributed by atoms with Gasteiger partial charge in [-0.25, -0.2) is 4.98 Å². The number of hydrogen-bond donors (Lipinski definition) is 0. The van der Waals surface area contributed by atoms with Crippen LogP contribution in [0.5, 0.6) is 0 Å². The highest BCUT2D eigenvalue weighted by Gasteiger charge is 2.25. The Labute approximate surface area is 358 Å². The molecule has 0 aliphatic rings. The van der Waals surface area contributed by atoms with E-state index in [0.717, 1.165) is 71.9 Å². The first kappa shape index (κ1) is 35.5. The van der Waals surface area contributed by atoms with E-state index in [-0.39, 0.29) is 0 Å². The Kier molecular flexibility index (Phi) is 8.42.